The van der Waals surface area contributed by atoms with Gasteiger partial charge in [-0.3, -0.25) is 0 Å². The molecule has 0 saturated heterocycles. The molecule has 0 radical (unpaired) electrons. The third-order valence-electron chi connectivity index (χ3n) is 2.99. The zero-order valence-electron chi connectivity index (χ0n) is 9.79. The molecule has 2 aromatic rings. The van der Waals surface area contributed by atoms with E-state index < -0.39 is 0 Å². The number of hydrogen-bond acceptors (Lipinski definition) is 1. The second kappa shape index (κ2) is 4.53. The maximum atomic E-state index is 11.5. The Hall–Kier alpha value is -1.68. The minimum atomic E-state index is -0.103. The lowest BCUT2D eigenvalue weighted by molar-refractivity contribution is 0.240. The molecular formula is C13H14ClN3O. The van der Waals surface area contributed by atoms with Gasteiger partial charge in [0.25, 0.3) is 0 Å². The Morgan fingerprint density at radius 2 is 2.22 bits per heavy atom. The van der Waals surface area contributed by atoms with Crippen LogP contribution in [-0.2, 0) is 6.54 Å². The third kappa shape index (κ3) is 2.59. The summed E-state index contributed by atoms with van der Waals surface area (Å²) in [5.74, 6) is 0. The number of carbonyl (C=O) groups excluding carboxylic acids is 1. The molecule has 3 N–H and O–H groups in total. The number of amides is 2. The number of carbonyl (C=O) groups is 1. The van der Waals surface area contributed by atoms with Gasteiger partial charge in [0.1, 0.15) is 0 Å². The summed E-state index contributed by atoms with van der Waals surface area (Å²) >= 11 is 5.92. The normalized spacial score (nSPS) is 14.7. The smallest absolute Gasteiger partial charge is 0.315 e. The lowest BCUT2D eigenvalue weighted by Crippen LogP contribution is -2.36. The summed E-state index contributed by atoms with van der Waals surface area (Å²) in [7, 11) is 0. The molecule has 0 bridgehead atoms. The van der Waals surface area contributed by atoms with Gasteiger partial charge >= 0.3 is 6.03 Å². The van der Waals surface area contributed by atoms with E-state index in [-0.39, 0.29) is 6.03 Å². The number of hydrogen-bond donors (Lipinski definition) is 3. The molecule has 0 spiro atoms. The van der Waals surface area contributed by atoms with E-state index in [4.69, 9.17) is 11.6 Å². The van der Waals surface area contributed by atoms with Crippen LogP contribution in [0.3, 0.4) is 0 Å². The van der Waals surface area contributed by atoms with Crippen LogP contribution in [0, 0.1) is 0 Å². The highest BCUT2D eigenvalue weighted by atomic mass is 35.5. The van der Waals surface area contributed by atoms with Crippen molar-refractivity contribution in [2.45, 2.75) is 25.4 Å². The number of rotatable bonds is 3. The van der Waals surface area contributed by atoms with Gasteiger partial charge in [-0.25, -0.2) is 4.79 Å². The molecule has 1 aromatic heterocycles. The Kier molecular flexibility index (Phi) is 2.88. The summed E-state index contributed by atoms with van der Waals surface area (Å²) < 4.78 is 0. The Bertz CT molecular complexity index is 589. The van der Waals surface area contributed by atoms with Crippen LogP contribution in [0.15, 0.2) is 24.3 Å². The van der Waals surface area contributed by atoms with E-state index in [2.05, 4.69) is 15.6 Å². The van der Waals surface area contributed by atoms with Gasteiger partial charge in [-0.1, -0.05) is 17.7 Å². The van der Waals surface area contributed by atoms with E-state index >= 15 is 0 Å². The van der Waals surface area contributed by atoms with Crippen LogP contribution >= 0.6 is 11.6 Å². The van der Waals surface area contributed by atoms with Crippen LogP contribution in [0.2, 0.25) is 5.02 Å². The third-order valence-corrected chi connectivity index (χ3v) is 3.23. The summed E-state index contributed by atoms with van der Waals surface area (Å²) in [5, 5.41) is 7.51. The van der Waals surface area contributed by atoms with Crippen LogP contribution in [0.25, 0.3) is 10.9 Å². The molecule has 0 unspecified atom stereocenters. The fraction of sp³-hybridized carbons (Fsp3) is 0.308. The lowest BCUT2D eigenvalue weighted by Gasteiger charge is -2.04. The number of halogens is 1. The van der Waals surface area contributed by atoms with Crippen LogP contribution < -0.4 is 10.6 Å². The second-order valence-corrected chi connectivity index (χ2v) is 5.06. The van der Waals surface area contributed by atoms with Gasteiger partial charge in [0.05, 0.1) is 6.54 Å². The maximum Gasteiger partial charge on any atom is 0.315 e. The summed E-state index contributed by atoms with van der Waals surface area (Å²) in [6, 6.07) is 7.99. The highest BCUT2D eigenvalue weighted by Gasteiger charge is 2.22. The van der Waals surface area contributed by atoms with Crippen LogP contribution in [0.4, 0.5) is 4.79 Å². The molecule has 2 amide bonds. The van der Waals surface area contributed by atoms with Gasteiger partial charge in [0.15, 0.2) is 0 Å². The molecule has 0 atom stereocenters. The highest BCUT2D eigenvalue weighted by molar-refractivity contribution is 6.31. The lowest BCUT2D eigenvalue weighted by atomic mass is 10.2. The molecule has 94 valence electrons. The first kappa shape index (κ1) is 11.4. The SMILES string of the molecule is O=C(NCc1cc2ccc(Cl)cc2[nH]1)NC1CC1. The summed E-state index contributed by atoms with van der Waals surface area (Å²) in [6.07, 6.45) is 2.19. The molecule has 1 aliphatic rings. The van der Waals surface area contributed by atoms with E-state index in [9.17, 15) is 4.79 Å². The minimum absolute atomic E-state index is 0.103. The van der Waals surface area contributed by atoms with Crippen molar-refractivity contribution >= 4 is 28.5 Å². The maximum absolute atomic E-state index is 11.5. The monoisotopic (exact) mass is 263 g/mol. The first-order valence-corrected chi connectivity index (χ1v) is 6.40. The van der Waals surface area contributed by atoms with Crippen LogP contribution in [0.1, 0.15) is 18.5 Å². The van der Waals surface area contributed by atoms with E-state index in [1.807, 2.05) is 24.3 Å². The number of fused-ring (bicyclic) bond motifs is 1. The van der Waals surface area contributed by atoms with Crippen molar-refractivity contribution in [1.82, 2.24) is 15.6 Å². The molecule has 1 fully saturated rings. The Labute approximate surface area is 110 Å². The first-order valence-electron chi connectivity index (χ1n) is 6.02. The quantitative estimate of drug-likeness (QED) is 0.784. The fourth-order valence-corrected chi connectivity index (χ4v) is 2.07. The van der Waals surface area contributed by atoms with Gasteiger partial charge in [0, 0.05) is 22.3 Å². The van der Waals surface area contributed by atoms with E-state index in [1.54, 1.807) is 0 Å². The molecule has 1 aliphatic carbocycles. The molecule has 1 aromatic carbocycles. The van der Waals surface area contributed by atoms with Gasteiger partial charge < -0.3 is 15.6 Å². The van der Waals surface area contributed by atoms with E-state index in [1.165, 1.54) is 0 Å². The molecule has 0 aliphatic heterocycles. The summed E-state index contributed by atoms with van der Waals surface area (Å²) in [5.41, 5.74) is 1.96. The van der Waals surface area contributed by atoms with E-state index in [0.717, 1.165) is 29.4 Å². The van der Waals surface area contributed by atoms with Gasteiger partial charge in [0.2, 0.25) is 0 Å². The molecule has 3 rings (SSSR count). The molecule has 5 heteroatoms. The van der Waals surface area contributed by atoms with Crippen molar-refractivity contribution in [2.75, 3.05) is 0 Å². The predicted octanol–water partition coefficient (Wildman–Crippen LogP) is 2.78. The fourth-order valence-electron chi connectivity index (χ4n) is 1.89. The Balaban J connectivity index is 1.64. The average Bonchev–Trinajstić information content (AvgIpc) is 3.04. The average molecular weight is 264 g/mol. The predicted molar refractivity (Wildman–Crippen MR) is 71.7 cm³/mol. The van der Waals surface area contributed by atoms with Crippen LogP contribution in [-0.4, -0.2) is 17.1 Å². The molecule has 4 nitrogen and oxygen atoms in total. The number of H-pyrrole nitrogens is 1. The largest absolute Gasteiger partial charge is 0.357 e. The van der Waals surface area contributed by atoms with Crippen molar-refractivity contribution in [1.29, 1.82) is 0 Å². The number of benzene rings is 1. The summed E-state index contributed by atoms with van der Waals surface area (Å²) in [4.78, 5) is 14.7. The van der Waals surface area contributed by atoms with Gasteiger partial charge in [-0.2, -0.15) is 0 Å². The number of urea groups is 1. The standard InChI is InChI=1S/C13H14ClN3O/c14-9-2-1-8-5-11(16-12(8)6-9)7-15-13(18)17-10-3-4-10/h1-2,5-6,10,16H,3-4,7H2,(H2,15,17,18). The van der Waals surface area contributed by atoms with Crippen LogP contribution in [0.5, 0.6) is 0 Å². The molecule has 1 heterocycles. The minimum Gasteiger partial charge on any atom is -0.357 e. The van der Waals surface area contributed by atoms with Crippen molar-refractivity contribution in [2.24, 2.45) is 0 Å². The highest BCUT2D eigenvalue weighted by Crippen LogP contribution is 2.20. The second-order valence-electron chi connectivity index (χ2n) is 4.63. The summed E-state index contributed by atoms with van der Waals surface area (Å²) in [6.45, 7) is 0.491. The number of aromatic amines is 1. The van der Waals surface area contributed by atoms with E-state index in [0.29, 0.717) is 17.6 Å². The van der Waals surface area contributed by atoms with Crippen molar-refractivity contribution in [3.63, 3.8) is 0 Å². The number of aromatic nitrogens is 1. The zero-order valence-corrected chi connectivity index (χ0v) is 10.6. The molecular weight excluding hydrogens is 250 g/mol. The van der Waals surface area contributed by atoms with Crippen molar-refractivity contribution < 1.29 is 4.79 Å². The van der Waals surface area contributed by atoms with Gasteiger partial charge in [-0.05, 0) is 36.4 Å². The van der Waals surface area contributed by atoms with Gasteiger partial charge in [-0.15, -0.1) is 0 Å². The first-order chi connectivity index (χ1) is 8.70. The Morgan fingerprint density at radius 3 is 3.00 bits per heavy atom. The number of nitrogens with one attached hydrogen (secondary N) is 3. The van der Waals surface area contributed by atoms with Crippen molar-refractivity contribution in [3.05, 3.63) is 35.0 Å². The Morgan fingerprint density at radius 1 is 1.39 bits per heavy atom. The topological polar surface area (TPSA) is 56.9 Å². The zero-order chi connectivity index (χ0) is 12.5. The molecule has 18 heavy (non-hydrogen) atoms. The molecule has 1 saturated carbocycles. The van der Waals surface area contributed by atoms with Crippen molar-refractivity contribution in [3.8, 4) is 0 Å².